The van der Waals surface area contributed by atoms with Crippen molar-refractivity contribution < 1.29 is 0 Å². The molecule has 1 aliphatic carbocycles. The summed E-state index contributed by atoms with van der Waals surface area (Å²) >= 11 is 0. The second kappa shape index (κ2) is 6.66. The molecule has 0 atom stereocenters. The molecule has 116 valence electrons. The third-order valence-electron chi connectivity index (χ3n) is 5.21. The average Bonchev–Trinajstić information content (AvgIpc) is 2.70. The normalized spacial score (nSPS) is 15.7. The van der Waals surface area contributed by atoms with Crippen molar-refractivity contribution in [1.29, 1.82) is 0 Å². The molecule has 0 bridgehead atoms. The fourth-order valence-corrected chi connectivity index (χ4v) is 4.25. The quantitative estimate of drug-likeness (QED) is 0.857. The van der Waals surface area contributed by atoms with Gasteiger partial charge in [0.15, 0.2) is 0 Å². The van der Waals surface area contributed by atoms with E-state index in [-0.39, 0.29) is 5.41 Å². The predicted molar refractivity (Wildman–Crippen MR) is 94.5 cm³/mol. The van der Waals surface area contributed by atoms with Crippen LogP contribution in [0.2, 0.25) is 0 Å². The summed E-state index contributed by atoms with van der Waals surface area (Å²) in [5.74, 6) is 0. The van der Waals surface area contributed by atoms with Crippen molar-refractivity contribution in [3.63, 3.8) is 0 Å². The molecule has 0 fully saturated rings. The lowest BCUT2D eigenvalue weighted by molar-refractivity contribution is 0.422. The zero-order valence-corrected chi connectivity index (χ0v) is 13.9. The van der Waals surface area contributed by atoms with E-state index >= 15 is 0 Å². The Hall–Kier alpha value is -1.60. The van der Waals surface area contributed by atoms with Gasteiger partial charge in [-0.3, -0.25) is 0 Å². The molecule has 0 radical (unpaired) electrons. The van der Waals surface area contributed by atoms with Crippen LogP contribution in [0.3, 0.4) is 0 Å². The van der Waals surface area contributed by atoms with Crippen molar-refractivity contribution in [3.8, 4) is 0 Å². The molecule has 0 aromatic heterocycles. The fraction of sp³-hybridized carbons (Fsp3) is 0.429. The van der Waals surface area contributed by atoms with Crippen LogP contribution in [0, 0.1) is 0 Å². The number of hydrogen-bond acceptors (Lipinski definition) is 1. The van der Waals surface area contributed by atoms with Crippen LogP contribution < -0.4 is 5.32 Å². The van der Waals surface area contributed by atoms with E-state index in [9.17, 15) is 0 Å². The Balaban J connectivity index is 2.23. The molecule has 1 heteroatoms. The fourth-order valence-electron chi connectivity index (χ4n) is 4.25. The van der Waals surface area contributed by atoms with Gasteiger partial charge in [-0.05, 0) is 61.5 Å². The van der Waals surface area contributed by atoms with E-state index in [0.717, 1.165) is 19.4 Å². The second-order valence-corrected chi connectivity index (χ2v) is 6.50. The molecule has 0 unspecified atom stereocenters. The minimum atomic E-state index is 0.168. The number of fused-ring (bicyclic) bond motifs is 2. The maximum Gasteiger partial charge on any atom is 0.0220 e. The summed E-state index contributed by atoms with van der Waals surface area (Å²) in [5, 5.41) is 3.38. The van der Waals surface area contributed by atoms with E-state index in [1.54, 1.807) is 22.3 Å². The van der Waals surface area contributed by atoms with Crippen LogP contribution in [0.4, 0.5) is 0 Å². The standard InChI is InChI=1S/C21H27N/c1-3-14-21(15-16-22-2)19-10-6-4-8-17(19)12-13-18-9-5-7-11-20(18)21/h4-11,22H,3,12-16H2,1-2H3. The molecule has 22 heavy (non-hydrogen) atoms. The summed E-state index contributed by atoms with van der Waals surface area (Å²) in [6, 6.07) is 18.3. The lowest BCUT2D eigenvalue weighted by Crippen LogP contribution is -2.32. The lowest BCUT2D eigenvalue weighted by Gasteiger charge is -2.37. The Morgan fingerprint density at radius 2 is 1.41 bits per heavy atom. The summed E-state index contributed by atoms with van der Waals surface area (Å²) < 4.78 is 0. The van der Waals surface area contributed by atoms with Crippen molar-refractivity contribution in [2.24, 2.45) is 0 Å². The summed E-state index contributed by atoms with van der Waals surface area (Å²) in [6.07, 6.45) is 5.94. The van der Waals surface area contributed by atoms with Crippen molar-refractivity contribution in [2.45, 2.75) is 44.4 Å². The van der Waals surface area contributed by atoms with Gasteiger partial charge in [0.2, 0.25) is 0 Å². The maximum absolute atomic E-state index is 3.38. The van der Waals surface area contributed by atoms with Gasteiger partial charge in [-0.1, -0.05) is 61.9 Å². The summed E-state index contributed by atoms with van der Waals surface area (Å²) in [4.78, 5) is 0. The second-order valence-electron chi connectivity index (χ2n) is 6.50. The van der Waals surface area contributed by atoms with Crippen LogP contribution in [0.5, 0.6) is 0 Å². The van der Waals surface area contributed by atoms with E-state index in [4.69, 9.17) is 0 Å². The molecule has 3 rings (SSSR count). The smallest absolute Gasteiger partial charge is 0.0220 e. The highest BCUT2D eigenvalue weighted by Crippen LogP contribution is 2.45. The number of benzene rings is 2. The molecule has 2 aromatic carbocycles. The number of hydrogen-bond donors (Lipinski definition) is 1. The van der Waals surface area contributed by atoms with Crippen LogP contribution in [0.25, 0.3) is 0 Å². The molecule has 1 aliphatic rings. The Kier molecular flexibility index (Phi) is 4.63. The first-order valence-electron chi connectivity index (χ1n) is 8.63. The molecule has 2 aromatic rings. The third kappa shape index (κ3) is 2.59. The SMILES string of the molecule is CCCC1(CCNC)c2ccccc2CCc2ccccc21. The van der Waals surface area contributed by atoms with E-state index in [0.29, 0.717) is 0 Å². The zero-order chi connectivity index (χ0) is 15.4. The molecule has 0 saturated heterocycles. The van der Waals surface area contributed by atoms with Crippen LogP contribution in [0.15, 0.2) is 48.5 Å². The van der Waals surface area contributed by atoms with Crippen molar-refractivity contribution in [2.75, 3.05) is 13.6 Å². The molecule has 0 saturated carbocycles. The van der Waals surface area contributed by atoms with Crippen LogP contribution in [0.1, 0.15) is 48.4 Å². The van der Waals surface area contributed by atoms with Gasteiger partial charge in [0.25, 0.3) is 0 Å². The van der Waals surface area contributed by atoms with E-state index in [1.165, 1.54) is 19.3 Å². The first kappa shape index (κ1) is 15.3. The van der Waals surface area contributed by atoms with Gasteiger partial charge < -0.3 is 5.32 Å². The molecule has 1 nitrogen and oxygen atoms in total. The van der Waals surface area contributed by atoms with Gasteiger partial charge >= 0.3 is 0 Å². The highest BCUT2D eigenvalue weighted by Gasteiger charge is 2.37. The molecular formula is C21H27N. The Labute approximate surface area is 134 Å². The van der Waals surface area contributed by atoms with Gasteiger partial charge in [0.05, 0.1) is 0 Å². The molecular weight excluding hydrogens is 266 g/mol. The maximum atomic E-state index is 3.38. The van der Waals surface area contributed by atoms with Gasteiger partial charge in [0.1, 0.15) is 0 Å². The Bertz CT molecular complexity index is 582. The van der Waals surface area contributed by atoms with Gasteiger partial charge in [-0.25, -0.2) is 0 Å². The van der Waals surface area contributed by atoms with E-state index in [2.05, 4.69) is 67.8 Å². The summed E-state index contributed by atoms with van der Waals surface area (Å²) in [7, 11) is 2.06. The molecule has 0 amide bonds. The summed E-state index contributed by atoms with van der Waals surface area (Å²) in [6.45, 7) is 3.37. The minimum absolute atomic E-state index is 0.168. The average molecular weight is 293 g/mol. The number of aryl methyl sites for hydroxylation is 2. The molecule has 0 heterocycles. The van der Waals surface area contributed by atoms with Crippen LogP contribution in [-0.4, -0.2) is 13.6 Å². The van der Waals surface area contributed by atoms with Crippen LogP contribution in [-0.2, 0) is 18.3 Å². The minimum Gasteiger partial charge on any atom is -0.320 e. The molecule has 0 spiro atoms. The number of nitrogens with one attached hydrogen (secondary N) is 1. The largest absolute Gasteiger partial charge is 0.320 e. The highest BCUT2D eigenvalue weighted by atomic mass is 14.8. The lowest BCUT2D eigenvalue weighted by atomic mass is 9.67. The highest BCUT2D eigenvalue weighted by molar-refractivity contribution is 5.49. The Morgan fingerprint density at radius 3 is 1.91 bits per heavy atom. The third-order valence-corrected chi connectivity index (χ3v) is 5.21. The van der Waals surface area contributed by atoms with Gasteiger partial charge in [-0.15, -0.1) is 0 Å². The first-order valence-corrected chi connectivity index (χ1v) is 8.63. The molecule has 0 aliphatic heterocycles. The monoisotopic (exact) mass is 293 g/mol. The van der Waals surface area contributed by atoms with E-state index < -0.39 is 0 Å². The van der Waals surface area contributed by atoms with Crippen LogP contribution >= 0.6 is 0 Å². The topological polar surface area (TPSA) is 12.0 Å². The Morgan fingerprint density at radius 1 is 0.864 bits per heavy atom. The van der Waals surface area contributed by atoms with Gasteiger partial charge in [-0.2, -0.15) is 0 Å². The van der Waals surface area contributed by atoms with Crippen molar-refractivity contribution in [1.82, 2.24) is 5.32 Å². The predicted octanol–water partition coefficient (Wildman–Crippen LogP) is 4.48. The summed E-state index contributed by atoms with van der Waals surface area (Å²) in [5.41, 5.74) is 6.39. The zero-order valence-electron chi connectivity index (χ0n) is 13.9. The number of rotatable bonds is 5. The molecule has 1 N–H and O–H groups in total. The van der Waals surface area contributed by atoms with E-state index in [1.807, 2.05) is 0 Å². The van der Waals surface area contributed by atoms with Crippen molar-refractivity contribution in [3.05, 3.63) is 70.8 Å². The van der Waals surface area contributed by atoms with Gasteiger partial charge in [0, 0.05) is 5.41 Å². The first-order chi connectivity index (χ1) is 10.8. The van der Waals surface area contributed by atoms with Crippen molar-refractivity contribution >= 4 is 0 Å².